The number of ether oxygens (including phenoxy) is 1. The summed E-state index contributed by atoms with van der Waals surface area (Å²) in [5.74, 6) is 0.784. The average molecular weight is 491 g/mol. The van der Waals surface area contributed by atoms with Crippen molar-refractivity contribution in [3.8, 4) is 5.75 Å². The highest BCUT2D eigenvalue weighted by Crippen LogP contribution is 2.35. The van der Waals surface area contributed by atoms with Gasteiger partial charge in [-0.2, -0.15) is 0 Å². The molecule has 3 aromatic carbocycles. The van der Waals surface area contributed by atoms with Crippen LogP contribution in [0.5, 0.6) is 5.75 Å². The molecule has 5 heteroatoms. The first-order valence-corrected chi connectivity index (χ1v) is 10.3. The van der Waals surface area contributed by atoms with Crippen molar-refractivity contribution in [1.29, 1.82) is 0 Å². The molecule has 0 bridgehead atoms. The third kappa shape index (κ3) is 5.91. The highest BCUT2D eigenvalue weighted by atomic mass is 79.9. The Morgan fingerprint density at radius 1 is 0.852 bits per heavy atom. The molecule has 0 saturated heterocycles. The minimum atomic E-state index is -0.522. The van der Waals surface area contributed by atoms with E-state index in [9.17, 15) is 5.11 Å². The lowest BCUT2D eigenvalue weighted by molar-refractivity contribution is 0.174. The Balaban J connectivity index is 1.56. The fraction of sp³-hybridized carbons (Fsp3) is 0.182. The summed E-state index contributed by atoms with van der Waals surface area (Å²) in [7, 11) is 0. The van der Waals surface area contributed by atoms with Crippen LogP contribution in [0, 0.1) is 0 Å². The summed E-state index contributed by atoms with van der Waals surface area (Å²) in [5, 5.41) is 13.5. The number of aliphatic hydroxyl groups excluding tert-OH is 1. The standard InChI is InChI=1S/C22H21Br2NO2/c23-19-11-17(13-25-14-21(26)18-9-5-2-6-10-18)12-20(24)22(19)27-15-16-7-3-1-4-8-16/h1-12,21,25-26H,13-15H2/t21-/m0/s1. The van der Waals surface area contributed by atoms with E-state index in [1.807, 2.05) is 72.8 Å². The number of nitrogens with one attached hydrogen (secondary N) is 1. The van der Waals surface area contributed by atoms with E-state index in [1.54, 1.807) is 0 Å². The van der Waals surface area contributed by atoms with Crippen LogP contribution in [0.2, 0.25) is 0 Å². The van der Waals surface area contributed by atoms with Crippen molar-refractivity contribution in [2.75, 3.05) is 6.54 Å². The van der Waals surface area contributed by atoms with Crippen LogP contribution >= 0.6 is 31.9 Å². The lowest BCUT2D eigenvalue weighted by atomic mass is 10.1. The molecular weight excluding hydrogens is 470 g/mol. The van der Waals surface area contributed by atoms with Gasteiger partial charge >= 0.3 is 0 Å². The molecule has 2 N–H and O–H groups in total. The second-order valence-electron chi connectivity index (χ2n) is 6.22. The van der Waals surface area contributed by atoms with E-state index in [4.69, 9.17) is 4.74 Å². The highest BCUT2D eigenvalue weighted by Gasteiger charge is 2.11. The highest BCUT2D eigenvalue weighted by molar-refractivity contribution is 9.11. The fourth-order valence-corrected chi connectivity index (χ4v) is 4.24. The second-order valence-corrected chi connectivity index (χ2v) is 7.93. The quantitative estimate of drug-likeness (QED) is 0.431. The molecule has 0 heterocycles. The Morgan fingerprint density at radius 3 is 2.07 bits per heavy atom. The summed E-state index contributed by atoms with van der Waals surface area (Å²) in [6.45, 7) is 1.66. The van der Waals surface area contributed by atoms with Gasteiger partial charge < -0.3 is 15.2 Å². The van der Waals surface area contributed by atoms with Crippen LogP contribution in [0.15, 0.2) is 81.7 Å². The Labute approximate surface area is 176 Å². The first kappa shape index (κ1) is 20.1. The van der Waals surface area contributed by atoms with Gasteiger partial charge in [0, 0.05) is 13.1 Å². The molecule has 0 unspecified atom stereocenters. The lowest BCUT2D eigenvalue weighted by Crippen LogP contribution is -2.21. The van der Waals surface area contributed by atoms with Gasteiger partial charge in [-0.15, -0.1) is 0 Å². The number of halogens is 2. The van der Waals surface area contributed by atoms with Crippen molar-refractivity contribution in [2.45, 2.75) is 19.3 Å². The van der Waals surface area contributed by atoms with Gasteiger partial charge in [0.2, 0.25) is 0 Å². The minimum Gasteiger partial charge on any atom is -0.487 e. The van der Waals surface area contributed by atoms with E-state index in [0.717, 1.165) is 31.4 Å². The second kappa shape index (κ2) is 10.0. The molecule has 3 aromatic rings. The largest absolute Gasteiger partial charge is 0.487 e. The van der Waals surface area contributed by atoms with E-state index in [-0.39, 0.29) is 0 Å². The maximum absolute atomic E-state index is 10.2. The summed E-state index contributed by atoms with van der Waals surface area (Å²) in [6.07, 6.45) is -0.522. The Kier molecular flexibility index (Phi) is 7.47. The van der Waals surface area contributed by atoms with Gasteiger partial charge in [-0.25, -0.2) is 0 Å². The normalized spacial score (nSPS) is 12.0. The lowest BCUT2D eigenvalue weighted by Gasteiger charge is -2.14. The molecule has 0 radical (unpaired) electrons. The summed E-state index contributed by atoms with van der Waals surface area (Å²) < 4.78 is 7.75. The molecule has 3 rings (SSSR count). The van der Waals surface area contributed by atoms with E-state index < -0.39 is 6.10 Å². The monoisotopic (exact) mass is 489 g/mol. The maximum atomic E-state index is 10.2. The Morgan fingerprint density at radius 2 is 1.44 bits per heavy atom. The molecule has 0 aliphatic carbocycles. The van der Waals surface area contributed by atoms with Gasteiger partial charge in [0.05, 0.1) is 15.0 Å². The van der Waals surface area contributed by atoms with Crippen molar-refractivity contribution in [3.63, 3.8) is 0 Å². The number of hydrogen-bond acceptors (Lipinski definition) is 3. The van der Waals surface area contributed by atoms with E-state index in [0.29, 0.717) is 19.7 Å². The van der Waals surface area contributed by atoms with Gasteiger partial charge in [-0.05, 0) is 60.7 Å². The number of hydrogen-bond donors (Lipinski definition) is 2. The van der Waals surface area contributed by atoms with Crippen LogP contribution in [-0.4, -0.2) is 11.7 Å². The van der Waals surface area contributed by atoms with E-state index in [2.05, 4.69) is 37.2 Å². The third-order valence-corrected chi connectivity index (χ3v) is 5.31. The van der Waals surface area contributed by atoms with E-state index in [1.165, 1.54) is 0 Å². The Hall–Kier alpha value is -1.66. The van der Waals surface area contributed by atoms with Gasteiger partial charge in [0.15, 0.2) is 0 Å². The molecule has 3 nitrogen and oxygen atoms in total. The van der Waals surface area contributed by atoms with Gasteiger partial charge in [-0.3, -0.25) is 0 Å². The summed E-state index contributed by atoms with van der Waals surface area (Å²) in [6, 6.07) is 23.8. The predicted molar refractivity (Wildman–Crippen MR) is 116 cm³/mol. The fourth-order valence-electron chi connectivity index (χ4n) is 2.73. The zero-order chi connectivity index (χ0) is 19.1. The molecule has 0 spiro atoms. The van der Waals surface area contributed by atoms with Gasteiger partial charge in [-0.1, -0.05) is 60.7 Å². The SMILES string of the molecule is O[C@@H](CNCc1cc(Br)c(OCc2ccccc2)c(Br)c1)c1ccccc1. The Bertz CT molecular complexity index is 834. The smallest absolute Gasteiger partial charge is 0.148 e. The first-order valence-electron chi connectivity index (χ1n) is 8.72. The number of benzene rings is 3. The predicted octanol–water partition coefficient (Wildman–Crippen LogP) is 5.61. The summed E-state index contributed by atoms with van der Waals surface area (Å²) >= 11 is 7.19. The van der Waals surface area contributed by atoms with Crippen molar-refractivity contribution < 1.29 is 9.84 Å². The summed E-state index contributed by atoms with van der Waals surface area (Å²) in [4.78, 5) is 0. The van der Waals surface area contributed by atoms with Gasteiger partial charge in [0.25, 0.3) is 0 Å². The third-order valence-electron chi connectivity index (χ3n) is 4.14. The molecular formula is C22H21Br2NO2. The van der Waals surface area contributed by atoms with Crippen LogP contribution in [0.4, 0.5) is 0 Å². The van der Waals surface area contributed by atoms with Crippen LogP contribution in [-0.2, 0) is 13.2 Å². The number of aliphatic hydroxyl groups is 1. The molecule has 0 aliphatic rings. The van der Waals surface area contributed by atoms with Crippen molar-refractivity contribution in [1.82, 2.24) is 5.32 Å². The maximum Gasteiger partial charge on any atom is 0.148 e. The molecule has 1 atom stereocenters. The van der Waals surface area contributed by atoms with Crippen LogP contribution < -0.4 is 10.1 Å². The van der Waals surface area contributed by atoms with Crippen molar-refractivity contribution in [2.24, 2.45) is 0 Å². The molecule has 0 saturated carbocycles. The molecule has 0 aromatic heterocycles. The zero-order valence-corrected chi connectivity index (χ0v) is 17.9. The zero-order valence-electron chi connectivity index (χ0n) is 14.7. The van der Waals surface area contributed by atoms with Crippen molar-refractivity contribution >= 4 is 31.9 Å². The van der Waals surface area contributed by atoms with Crippen LogP contribution in [0.25, 0.3) is 0 Å². The molecule has 27 heavy (non-hydrogen) atoms. The van der Waals surface area contributed by atoms with Crippen LogP contribution in [0.3, 0.4) is 0 Å². The molecule has 0 amide bonds. The molecule has 0 fully saturated rings. The van der Waals surface area contributed by atoms with Gasteiger partial charge in [0.1, 0.15) is 12.4 Å². The van der Waals surface area contributed by atoms with Crippen LogP contribution in [0.1, 0.15) is 22.8 Å². The van der Waals surface area contributed by atoms with Crippen molar-refractivity contribution in [3.05, 3.63) is 98.4 Å². The first-order chi connectivity index (χ1) is 13.1. The molecule has 0 aliphatic heterocycles. The minimum absolute atomic E-state index is 0.492. The number of rotatable bonds is 8. The summed E-state index contributed by atoms with van der Waals surface area (Å²) in [5.41, 5.74) is 3.13. The molecule has 140 valence electrons. The average Bonchev–Trinajstić information content (AvgIpc) is 2.69. The topological polar surface area (TPSA) is 41.5 Å². The van der Waals surface area contributed by atoms with E-state index >= 15 is 0 Å².